The Hall–Kier alpha value is -4.31. The molecule has 0 atom stereocenters. The van der Waals surface area contributed by atoms with E-state index in [2.05, 4.69) is 146 Å². The first-order valence-corrected chi connectivity index (χ1v) is 16.4. The van der Waals surface area contributed by atoms with Crippen LogP contribution in [0.25, 0.3) is 0 Å². The second-order valence-corrected chi connectivity index (χ2v) is 14.0. The maximum Gasteiger partial charge on any atom is 0.135 e. The van der Waals surface area contributed by atoms with E-state index in [1.165, 1.54) is 33.4 Å². The van der Waals surface area contributed by atoms with Gasteiger partial charge in [-0.2, -0.15) is 12.6 Å². The summed E-state index contributed by atoms with van der Waals surface area (Å²) in [7, 11) is 0. The maximum absolute atomic E-state index is 11.8. The normalized spacial score (nSPS) is 11.6. The van der Waals surface area contributed by atoms with Gasteiger partial charge in [-0.3, -0.25) is 0 Å². The third-order valence-corrected chi connectivity index (χ3v) is 10.2. The summed E-state index contributed by atoms with van der Waals surface area (Å²) in [5.74, 6) is 0. The Balaban J connectivity index is 0.000000182. The van der Waals surface area contributed by atoms with E-state index >= 15 is 0 Å². The van der Waals surface area contributed by atoms with Crippen LogP contribution in [0, 0.1) is 0 Å². The lowest BCUT2D eigenvalue weighted by molar-refractivity contribution is -0.109. The monoisotopic (exact) mass is 622 g/mol. The number of carbonyl (C=O) groups excluding carboxylic acids is 1. The van der Waals surface area contributed by atoms with Crippen LogP contribution in [0.2, 0.25) is 0 Å². The van der Waals surface area contributed by atoms with Gasteiger partial charge in [0.05, 0.1) is 14.2 Å². The molecule has 0 heterocycles. The molecule has 0 saturated carbocycles. The van der Waals surface area contributed by atoms with Gasteiger partial charge in [0.1, 0.15) is 6.29 Å². The molecule has 0 fully saturated rings. The van der Waals surface area contributed by atoms with E-state index in [1.54, 1.807) is 11.8 Å². The van der Waals surface area contributed by atoms with Gasteiger partial charge in [0, 0.05) is 0 Å². The highest BCUT2D eigenvalue weighted by atomic mass is 32.2. The molecule has 0 spiro atoms. The van der Waals surface area contributed by atoms with E-state index in [0.29, 0.717) is 0 Å². The van der Waals surface area contributed by atoms with Crippen molar-refractivity contribution in [2.75, 3.05) is 0 Å². The Morgan fingerprint density at radius 3 is 0.867 bits per heavy atom. The van der Waals surface area contributed by atoms with Crippen molar-refractivity contribution >= 4 is 30.7 Å². The Morgan fingerprint density at radius 1 is 0.422 bits per heavy atom. The van der Waals surface area contributed by atoms with E-state index in [-0.39, 0.29) is 0 Å². The van der Waals surface area contributed by atoms with Crippen LogP contribution in [-0.2, 0) is 14.3 Å². The van der Waals surface area contributed by atoms with Crippen LogP contribution in [0.1, 0.15) is 47.2 Å². The summed E-state index contributed by atoms with van der Waals surface area (Å²) in [5.41, 5.74) is 7.06. The summed E-state index contributed by atoms with van der Waals surface area (Å²) >= 11 is 6.77. The van der Waals surface area contributed by atoms with Gasteiger partial charge in [0.2, 0.25) is 0 Å². The van der Waals surface area contributed by atoms with Gasteiger partial charge >= 0.3 is 0 Å². The molecule has 0 N–H and O–H groups in total. The van der Waals surface area contributed by atoms with Crippen LogP contribution >= 0.6 is 24.4 Å². The van der Waals surface area contributed by atoms with Crippen LogP contribution in [0.4, 0.5) is 0 Å². The van der Waals surface area contributed by atoms with Crippen molar-refractivity contribution < 1.29 is 4.79 Å². The Morgan fingerprint density at radius 2 is 0.644 bits per heavy atom. The van der Waals surface area contributed by atoms with Gasteiger partial charge in [-0.1, -0.05) is 182 Å². The SMILES string of the molecule is CC(C)(C=O)SC(c1ccccc1)(c1ccccc1)c1ccccc1.SC(c1ccccc1)(c1ccccc1)c1ccccc1. The van der Waals surface area contributed by atoms with E-state index in [4.69, 9.17) is 12.6 Å². The van der Waals surface area contributed by atoms with Gasteiger partial charge in [-0.25, -0.2) is 0 Å². The zero-order chi connectivity index (χ0) is 31.6. The quantitative estimate of drug-likeness (QED) is 0.0982. The number of carbonyl (C=O) groups is 1. The van der Waals surface area contributed by atoms with E-state index in [9.17, 15) is 4.79 Å². The molecular formula is C42H38OS2. The maximum atomic E-state index is 11.8. The summed E-state index contributed by atoms with van der Waals surface area (Å²) in [6.07, 6.45) is 1.04. The Bertz CT molecular complexity index is 1550. The molecule has 0 saturated heterocycles. The van der Waals surface area contributed by atoms with Crippen molar-refractivity contribution in [1.29, 1.82) is 0 Å². The van der Waals surface area contributed by atoms with Crippen molar-refractivity contribution in [2.45, 2.75) is 28.1 Å². The van der Waals surface area contributed by atoms with Crippen LogP contribution in [-0.4, -0.2) is 11.0 Å². The van der Waals surface area contributed by atoms with Crippen LogP contribution in [0.5, 0.6) is 0 Å². The molecule has 0 aliphatic heterocycles. The molecule has 6 aromatic carbocycles. The Labute approximate surface area is 277 Å². The topological polar surface area (TPSA) is 17.1 Å². The van der Waals surface area contributed by atoms with Crippen LogP contribution in [0.3, 0.4) is 0 Å². The Kier molecular flexibility index (Phi) is 10.4. The molecule has 6 aromatic rings. The van der Waals surface area contributed by atoms with Crippen LogP contribution in [0.15, 0.2) is 182 Å². The van der Waals surface area contributed by atoms with Crippen molar-refractivity contribution in [2.24, 2.45) is 0 Å². The third kappa shape index (κ3) is 7.17. The van der Waals surface area contributed by atoms with Gasteiger partial charge in [0.25, 0.3) is 0 Å². The number of hydrogen-bond donors (Lipinski definition) is 1. The highest BCUT2D eigenvalue weighted by Crippen LogP contribution is 2.52. The zero-order valence-corrected chi connectivity index (χ0v) is 27.4. The van der Waals surface area contributed by atoms with Gasteiger partial charge in [-0.05, 0) is 47.2 Å². The van der Waals surface area contributed by atoms with E-state index < -0.39 is 14.2 Å². The molecule has 0 aliphatic rings. The second kappa shape index (κ2) is 14.6. The molecule has 0 aromatic heterocycles. The average molecular weight is 623 g/mol. The zero-order valence-electron chi connectivity index (χ0n) is 25.7. The predicted octanol–water partition coefficient (Wildman–Crippen LogP) is 10.6. The fourth-order valence-electron chi connectivity index (χ4n) is 5.65. The highest BCUT2D eigenvalue weighted by Gasteiger charge is 2.42. The van der Waals surface area contributed by atoms with E-state index in [0.717, 1.165) is 6.29 Å². The predicted molar refractivity (Wildman–Crippen MR) is 195 cm³/mol. The van der Waals surface area contributed by atoms with Gasteiger partial charge < -0.3 is 4.79 Å². The fourth-order valence-corrected chi connectivity index (χ4v) is 7.70. The number of thioether (sulfide) groups is 1. The molecule has 224 valence electrons. The molecule has 0 amide bonds. The first kappa shape index (κ1) is 32.1. The van der Waals surface area contributed by atoms with E-state index in [1.807, 2.05) is 50.2 Å². The molecule has 6 rings (SSSR count). The molecule has 0 radical (unpaired) electrons. The second-order valence-electron chi connectivity index (χ2n) is 11.4. The first-order valence-electron chi connectivity index (χ1n) is 15.1. The molecule has 45 heavy (non-hydrogen) atoms. The minimum atomic E-state index is -0.526. The summed E-state index contributed by atoms with van der Waals surface area (Å²) < 4.78 is -1.40. The number of benzene rings is 6. The minimum Gasteiger partial charge on any atom is -0.302 e. The number of hydrogen-bond acceptors (Lipinski definition) is 3. The number of rotatable bonds is 9. The third-order valence-electron chi connectivity index (χ3n) is 7.82. The summed E-state index contributed by atoms with van der Waals surface area (Å²) in [4.78, 5) is 11.8. The summed E-state index contributed by atoms with van der Waals surface area (Å²) in [6, 6.07) is 62.6. The highest BCUT2D eigenvalue weighted by molar-refractivity contribution is 8.02. The van der Waals surface area contributed by atoms with Crippen molar-refractivity contribution in [1.82, 2.24) is 0 Å². The molecule has 0 bridgehead atoms. The van der Waals surface area contributed by atoms with Crippen LogP contribution < -0.4 is 0 Å². The largest absolute Gasteiger partial charge is 0.302 e. The molecule has 0 unspecified atom stereocenters. The molecular weight excluding hydrogens is 585 g/mol. The standard InChI is InChI=1S/C23H22OS.C19H16S/c1-22(2,18-24)25-23(19-12-6-3-7-13-19,20-14-8-4-9-15-20)21-16-10-5-11-17-21;20-19(16-10-4-1-5-11-16,17-12-6-2-7-13-17)18-14-8-3-9-15-18/h3-18H,1-2H3;1-15,20H. The first-order chi connectivity index (χ1) is 21.9. The van der Waals surface area contributed by atoms with Gasteiger partial charge in [-0.15, -0.1) is 11.8 Å². The number of aldehydes is 1. The molecule has 0 aliphatic carbocycles. The molecule has 3 heteroatoms. The van der Waals surface area contributed by atoms with Crippen molar-refractivity contribution in [3.05, 3.63) is 215 Å². The van der Waals surface area contributed by atoms with Crippen molar-refractivity contribution in [3.63, 3.8) is 0 Å². The molecule has 1 nitrogen and oxygen atoms in total. The van der Waals surface area contributed by atoms with Crippen molar-refractivity contribution in [3.8, 4) is 0 Å². The lowest BCUT2D eigenvalue weighted by Gasteiger charge is -2.39. The lowest BCUT2D eigenvalue weighted by Crippen LogP contribution is -2.33. The minimum absolute atomic E-state index is 0.427. The number of thiol groups is 1. The summed E-state index contributed by atoms with van der Waals surface area (Å²) in [5, 5.41) is 0. The van der Waals surface area contributed by atoms with Gasteiger partial charge in [0.15, 0.2) is 0 Å². The summed E-state index contributed by atoms with van der Waals surface area (Å²) in [6.45, 7) is 3.96. The lowest BCUT2D eigenvalue weighted by atomic mass is 9.84. The fraction of sp³-hybridized carbons (Fsp3) is 0.119. The smallest absolute Gasteiger partial charge is 0.135 e. The average Bonchev–Trinajstić information content (AvgIpc) is 3.13.